The van der Waals surface area contributed by atoms with Crippen LogP contribution in [0, 0.1) is 0 Å². The lowest BCUT2D eigenvalue weighted by atomic mass is 9.96. The summed E-state index contributed by atoms with van der Waals surface area (Å²) in [6, 6.07) is 13.1. The van der Waals surface area contributed by atoms with Crippen LogP contribution in [0.5, 0.6) is 11.5 Å². The molecule has 0 fully saturated rings. The molecule has 0 aliphatic rings. The molecule has 0 aliphatic heterocycles. The van der Waals surface area contributed by atoms with Gasteiger partial charge in [-0.15, -0.1) is 0 Å². The third-order valence-corrected chi connectivity index (χ3v) is 4.92. The highest BCUT2D eigenvalue weighted by atomic mass is 16.5. The fraction of sp³-hybridized carbons (Fsp3) is 0.0476. The van der Waals surface area contributed by atoms with Crippen LogP contribution in [0.1, 0.15) is 0 Å². The number of hydrogen-bond donors (Lipinski definition) is 4. The highest BCUT2D eigenvalue weighted by molar-refractivity contribution is 6.23. The van der Waals surface area contributed by atoms with Gasteiger partial charge in [-0.2, -0.15) is 0 Å². The van der Waals surface area contributed by atoms with Crippen molar-refractivity contribution in [3.05, 3.63) is 54.9 Å². The van der Waals surface area contributed by atoms with Gasteiger partial charge in [0.1, 0.15) is 11.5 Å². The van der Waals surface area contributed by atoms with Gasteiger partial charge in [0, 0.05) is 56.2 Å². The van der Waals surface area contributed by atoms with Gasteiger partial charge in [0.2, 0.25) is 0 Å². The van der Waals surface area contributed by atoms with Crippen molar-refractivity contribution in [1.29, 1.82) is 0 Å². The molecule has 5 rings (SSSR count). The molecule has 2 heterocycles. The molecule has 0 saturated heterocycles. The van der Waals surface area contributed by atoms with Gasteiger partial charge in [-0.05, 0) is 48.0 Å². The molecule has 0 aliphatic carbocycles. The number of fused-ring (bicyclic) bond motifs is 5. The summed E-state index contributed by atoms with van der Waals surface area (Å²) in [6.07, 6.45) is 3.96. The van der Waals surface area contributed by atoms with E-state index in [1.807, 2.05) is 36.7 Å². The van der Waals surface area contributed by atoms with Gasteiger partial charge in [-0.1, -0.05) is 0 Å². The molecule has 0 bridgehead atoms. The van der Waals surface area contributed by atoms with Gasteiger partial charge >= 0.3 is 0 Å². The van der Waals surface area contributed by atoms with E-state index in [4.69, 9.17) is 10.5 Å². The Balaban J connectivity index is 1.94. The number of nitrogens with two attached hydrogens (primary N) is 1. The molecule has 5 aromatic rings. The average Bonchev–Trinajstić information content (AvgIpc) is 3.24. The van der Waals surface area contributed by atoms with Crippen LogP contribution in [0.4, 0.5) is 5.69 Å². The summed E-state index contributed by atoms with van der Waals surface area (Å²) in [7, 11) is 1.66. The van der Waals surface area contributed by atoms with Crippen molar-refractivity contribution >= 4 is 38.3 Å². The fourth-order valence-electron chi connectivity index (χ4n) is 3.77. The molecule has 5 nitrogen and oxygen atoms in total. The van der Waals surface area contributed by atoms with Gasteiger partial charge in [0.05, 0.1) is 7.11 Å². The summed E-state index contributed by atoms with van der Waals surface area (Å²) in [6.45, 7) is 0. The van der Waals surface area contributed by atoms with E-state index in [1.165, 1.54) is 0 Å². The summed E-state index contributed by atoms with van der Waals surface area (Å²) < 4.78 is 5.56. The van der Waals surface area contributed by atoms with Crippen LogP contribution in [-0.4, -0.2) is 22.2 Å². The first-order chi connectivity index (χ1) is 12.7. The number of aromatic hydroxyl groups is 1. The molecule has 5 N–H and O–H groups in total. The van der Waals surface area contributed by atoms with Crippen molar-refractivity contribution in [3.63, 3.8) is 0 Å². The van der Waals surface area contributed by atoms with Gasteiger partial charge in [0.25, 0.3) is 0 Å². The first-order valence-corrected chi connectivity index (χ1v) is 8.33. The largest absolute Gasteiger partial charge is 0.508 e. The Morgan fingerprint density at radius 1 is 0.885 bits per heavy atom. The monoisotopic (exact) mass is 343 g/mol. The Bertz CT molecular complexity index is 1300. The molecule has 2 aromatic heterocycles. The van der Waals surface area contributed by atoms with E-state index in [1.54, 1.807) is 19.2 Å². The van der Waals surface area contributed by atoms with E-state index in [0.29, 0.717) is 5.69 Å². The molecule has 0 atom stereocenters. The first-order valence-electron chi connectivity index (χ1n) is 8.33. The second kappa shape index (κ2) is 5.20. The van der Waals surface area contributed by atoms with Crippen LogP contribution in [0.2, 0.25) is 0 Å². The van der Waals surface area contributed by atoms with Crippen molar-refractivity contribution in [2.75, 3.05) is 12.8 Å². The summed E-state index contributed by atoms with van der Waals surface area (Å²) in [4.78, 5) is 6.67. The van der Waals surface area contributed by atoms with Gasteiger partial charge in [-0.3, -0.25) is 0 Å². The minimum atomic E-state index is 0.253. The molecule has 0 radical (unpaired) electrons. The number of nitrogen functional groups attached to an aromatic ring is 1. The molecular formula is C21H17N3O2. The molecule has 26 heavy (non-hydrogen) atoms. The standard InChI is InChI=1S/C21H17N3O2/c1-26-20-5-2-11(22)6-14(20)13-8-19-21(17-10-23-9-16(13)17)15-7-12(25)3-4-18(15)24-19/h2-10,23-25H,22H2,1H3. The topological polar surface area (TPSA) is 87.1 Å². The molecule has 128 valence electrons. The van der Waals surface area contributed by atoms with E-state index >= 15 is 0 Å². The number of phenols is 1. The van der Waals surface area contributed by atoms with E-state index in [2.05, 4.69) is 16.0 Å². The lowest BCUT2D eigenvalue weighted by molar-refractivity contribution is 0.416. The molecule has 0 saturated carbocycles. The number of phenolic OH excluding ortho intramolecular Hbond substituents is 1. The first kappa shape index (κ1) is 14.7. The number of aromatic amines is 2. The van der Waals surface area contributed by atoms with E-state index in [0.717, 1.165) is 49.5 Å². The molecular weight excluding hydrogens is 326 g/mol. The second-order valence-electron chi connectivity index (χ2n) is 6.44. The predicted octanol–water partition coefficient (Wildman–Crippen LogP) is 4.77. The maximum absolute atomic E-state index is 9.91. The molecule has 3 aromatic carbocycles. The van der Waals surface area contributed by atoms with Crippen molar-refractivity contribution in [3.8, 4) is 22.6 Å². The average molecular weight is 343 g/mol. The SMILES string of the molecule is COc1ccc(N)cc1-c1cc2[nH]c3ccc(O)cc3c2c2c[nH]cc12. The summed E-state index contributed by atoms with van der Waals surface area (Å²) in [5.74, 6) is 1.03. The van der Waals surface area contributed by atoms with Crippen LogP contribution in [0.15, 0.2) is 54.9 Å². The van der Waals surface area contributed by atoms with Crippen LogP contribution in [0.3, 0.4) is 0 Å². The van der Waals surface area contributed by atoms with Crippen LogP contribution in [-0.2, 0) is 0 Å². The van der Waals surface area contributed by atoms with Crippen molar-refractivity contribution in [1.82, 2.24) is 9.97 Å². The quantitative estimate of drug-likeness (QED) is 0.348. The number of H-pyrrole nitrogens is 2. The Hall–Kier alpha value is -3.60. The van der Waals surface area contributed by atoms with Gasteiger partial charge < -0.3 is 25.5 Å². The summed E-state index contributed by atoms with van der Waals surface area (Å²) in [5.41, 5.74) is 10.7. The Morgan fingerprint density at radius 2 is 1.73 bits per heavy atom. The fourth-order valence-corrected chi connectivity index (χ4v) is 3.77. The molecule has 0 amide bonds. The maximum atomic E-state index is 9.91. The molecule has 5 heteroatoms. The third kappa shape index (κ3) is 1.97. The zero-order valence-corrected chi connectivity index (χ0v) is 14.1. The molecule has 0 unspecified atom stereocenters. The summed E-state index contributed by atoms with van der Waals surface area (Å²) in [5, 5.41) is 14.1. The number of anilines is 1. The number of rotatable bonds is 2. The number of methoxy groups -OCH3 is 1. The highest BCUT2D eigenvalue weighted by Crippen LogP contribution is 2.42. The lowest BCUT2D eigenvalue weighted by Crippen LogP contribution is -1.92. The predicted molar refractivity (Wildman–Crippen MR) is 106 cm³/mol. The minimum absolute atomic E-state index is 0.253. The Morgan fingerprint density at radius 3 is 2.58 bits per heavy atom. The number of ether oxygens (including phenoxy) is 1. The third-order valence-electron chi connectivity index (χ3n) is 4.92. The second-order valence-corrected chi connectivity index (χ2v) is 6.44. The Kier molecular flexibility index (Phi) is 2.94. The van der Waals surface area contributed by atoms with E-state index in [9.17, 15) is 5.11 Å². The van der Waals surface area contributed by atoms with E-state index in [-0.39, 0.29) is 5.75 Å². The van der Waals surface area contributed by atoms with Crippen LogP contribution < -0.4 is 10.5 Å². The lowest BCUT2D eigenvalue weighted by Gasteiger charge is -2.11. The normalized spacial score (nSPS) is 11.6. The van der Waals surface area contributed by atoms with Gasteiger partial charge in [-0.25, -0.2) is 0 Å². The van der Waals surface area contributed by atoms with Crippen molar-refractivity contribution in [2.45, 2.75) is 0 Å². The zero-order chi connectivity index (χ0) is 17.8. The number of benzene rings is 3. The van der Waals surface area contributed by atoms with Crippen LogP contribution >= 0.6 is 0 Å². The minimum Gasteiger partial charge on any atom is -0.508 e. The smallest absolute Gasteiger partial charge is 0.126 e. The van der Waals surface area contributed by atoms with E-state index < -0.39 is 0 Å². The van der Waals surface area contributed by atoms with Crippen molar-refractivity contribution < 1.29 is 9.84 Å². The number of hydrogen-bond acceptors (Lipinski definition) is 3. The number of nitrogens with one attached hydrogen (secondary N) is 2. The zero-order valence-electron chi connectivity index (χ0n) is 14.1. The number of aromatic nitrogens is 2. The maximum Gasteiger partial charge on any atom is 0.126 e. The van der Waals surface area contributed by atoms with Crippen molar-refractivity contribution in [2.24, 2.45) is 0 Å². The molecule has 0 spiro atoms. The highest BCUT2D eigenvalue weighted by Gasteiger charge is 2.16. The van der Waals surface area contributed by atoms with Gasteiger partial charge in [0.15, 0.2) is 0 Å². The Labute approximate surface area is 149 Å². The summed E-state index contributed by atoms with van der Waals surface area (Å²) >= 11 is 0. The van der Waals surface area contributed by atoms with Crippen LogP contribution in [0.25, 0.3) is 43.7 Å².